The number of hydrogen-bond donors (Lipinski definition) is 0. The van der Waals surface area contributed by atoms with Gasteiger partial charge in [0.1, 0.15) is 24.7 Å². The Kier molecular flexibility index (Phi) is 9.59. The van der Waals surface area contributed by atoms with E-state index in [0.29, 0.717) is 13.2 Å². The lowest BCUT2D eigenvalue weighted by atomic mass is 9.64. The van der Waals surface area contributed by atoms with Crippen LogP contribution in [0.15, 0.2) is 127 Å². The van der Waals surface area contributed by atoms with E-state index in [-0.39, 0.29) is 0 Å². The second-order valence-corrected chi connectivity index (χ2v) is 11.2. The molecule has 0 aliphatic heterocycles. The maximum Gasteiger partial charge on any atom is 0.125 e. The number of rotatable bonds is 12. The van der Waals surface area contributed by atoms with E-state index >= 15 is 0 Å². The van der Waals surface area contributed by atoms with Crippen molar-refractivity contribution in [2.45, 2.75) is 32.1 Å². The van der Waals surface area contributed by atoms with E-state index in [9.17, 15) is 0 Å². The average Bonchev–Trinajstić information content (AvgIpc) is 3.02. The van der Waals surface area contributed by atoms with Crippen molar-refractivity contribution in [1.29, 1.82) is 0 Å². The van der Waals surface area contributed by atoms with E-state index in [1.54, 1.807) is 0 Å². The normalized spacial score (nSPS) is 11.3. The highest BCUT2D eigenvalue weighted by Gasteiger charge is 2.38. The minimum Gasteiger partial charge on any atom is -0.490 e. The molecule has 0 saturated heterocycles. The molecule has 3 heteroatoms. The smallest absolute Gasteiger partial charge is 0.125 e. The SMILES string of the molecule is Cc1cc(C(c2ccccc2)(c2ccccc2)c2ccccc2)cc(C)c1OCCOc1ccc(CCCBr)cc1. The molecular formula is C38H37BrO2. The van der Waals surface area contributed by atoms with Gasteiger partial charge in [-0.1, -0.05) is 131 Å². The highest BCUT2D eigenvalue weighted by atomic mass is 79.9. The van der Waals surface area contributed by atoms with Crippen molar-refractivity contribution in [3.63, 3.8) is 0 Å². The summed E-state index contributed by atoms with van der Waals surface area (Å²) in [5.74, 6) is 1.80. The molecule has 208 valence electrons. The fourth-order valence-electron chi connectivity index (χ4n) is 5.79. The van der Waals surface area contributed by atoms with Gasteiger partial charge in [0.15, 0.2) is 0 Å². The molecule has 41 heavy (non-hydrogen) atoms. The van der Waals surface area contributed by atoms with Gasteiger partial charge in [-0.15, -0.1) is 0 Å². The van der Waals surface area contributed by atoms with Gasteiger partial charge < -0.3 is 9.47 Å². The average molecular weight is 606 g/mol. The Morgan fingerprint density at radius 1 is 0.561 bits per heavy atom. The van der Waals surface area contributed by atoms with Crippen LogP contribution >= 0.6 is 15.9 Å². The molecule has 0 aliphatic rings. The fraction of sp³-hybridized carbons (Fsp3) is 0.211. The third-order valence-corrected chi connectivity index (χ3v) is 8.20. The van der Waals surface area contributed by atoms with Crippen molar-refractivity contribution < 1.29 is 9.47 Å². The van der Waals surface area contributed by atoms with Gasteiger partial charge >= 0.3 is 0 Å². The fourth-order valence-corrected chi connectivity index (χ4v) is 6.07. The summed E-state index contributed by atoms with van der Waals surface area (Å²) >= 11 is 3.50. The van der Waals surface area contributed by atoms with E-state index in [1.807, 2.05) is 12.1 Å². The maximum atomic E-state index is 6.32. The van der Waals surface area contributed by atoms with Gasteiger partial charge in [-0.05, 0) is 77.8 Å². The molecule has 0 fully saturated rings. The van der Waals surface area contributed by atoms with Gasteiger partial charge in [-0.25, -0.2) is 0 Å². The van der Waals surface area contributed by atoms with Crippen LogP contribution in [0, 0.1) is 13.8 Å². The molecule has 5 rings (SSSR count). The van der Waals surface area contributed by atoms with Gasteiger partial charge in [0, 0.05) is 5.33 Å². The van der Waals surface area contributed by atoms with Gasteiger partial charge in [0.2, 0.25) is 0 Å². The molecule has 0 amide bonds. The zero-order valence-electron chi connectivity index (χ0n) is 23.9. The molecule has 5 aromatic carbocycles. The summed E-state index contributed by atoms with van der Waals surface area (Å²) in [7, 11) is 0. The van der Waals surface area contributed by atoms with Gasteiger partial charge in [0.25, 0.3) is 0 Å². The van der Waals surface area contributed by atoms with Crippen LogP contribution in [-0.4, -0.2) is 18.5 Å². The molecule has 0 aliphatic carbocycles. The minimum absolute atomic E-state index is 0.471. The molecule has 0 heterocycles. The molecule has 0 spiro atoms. The second kappa shape index (κ2) is 13.7. The highest BCUT2D eigenvalue weighted by molar-refractivity contribution is 9.09. The van der Waals surface area contributed by atoms with Crippen molar-refractivity contribution >= 4 is 15.9 Å². The molecule has 0 radical (unpaired) electrons. The first-order chi connectivity index (χ1) is 20.1. The molecule has 0 bridgehead atoms. The molecule has 0 N–H and O–H groups in total. The van der Waals surface area contributed by atoms with E-state index < -0.39 is 5.41 Å². The van der Waals surface area contributed by atoms with Crippen LogP contribution in [0.1, 0.15) is 45.4 Å². The lowest BCUT2D eigenvalue weighted by Crippen LogP contribution is -2.31. The Hall–Kier alpha value is -3.82. The van der Waals surface area contributed by atoms with Gasteiger partial charge in [-0.3, -0.25) is 0 Å². The number of hydrogen-bond acceptors (Lipinski definition) is 2. The van der Waals surface area contributed by atoms with Crippen LogP contribution in [0.3, 0.4) is 0 Å². The molecule has 2 nitrogen and oxygen atoms in total. The number of ether oxygens (including phenoxy) is 2. The summed E-state index contributed by atoms with van der Waals surface area (Å²) in [6.45, 7) is 5.26. The van der Waals surface area contributed by atoms with Crippen LogP contribution in [0.4, 0.5) is 0 Å². The Balaban J connectivity index is 1.43. The lowest BCUT2D eigenvalue weighted by Gasteiger charge is -2.37. The molecule has 0 saturated carbocycles. The Bertz CT molecular complexity index is 1390. The third kappa shape index (κ3) is 6.41. The van der Waals surface area contributed by atoms with Crippen molar-refractivity contribution in [2.24, 2.45) is 0 Å². The Labute approximate surface area is 253 Å². The molecule has 5 aromatic rings. The lowest BCUT2D eigenvalue weighted by molar-refractivity contribution is 0.215. The van der Waals surface area contributed by atoms with E-state index in [4.69, 9.17) is 9.47 Å². The number of aryl methyl sites for hydroxylation is 3. The zero-order chi connectivity index (χ0) is 28.5. The van der Waals surface area contributed by atoms with Crippen molar-refractivity contribution in [1.82, 2.24) is 0 Å². The first kappa shape index (κ1) is 28.7. The molecule has 0 aromatic heterocycles. The molecule has 0 unspecified atom stereocenters. The van der Waals surface area contributed by atoms with Crippen LogP contribution in [0.25, 0.3) is 0 Å². The standard InChI is InChI=1S/C38H37BrO2/c1-29-27-35(28-30(2)37(29)41-26-25-40-36-22-20-31(21-23-36)13-12-24-39)38(32-14-6-3-7-15-32,33-16-8-4-9-17-33)34-18-10-5-11-19-34/h3-11,14-23,27-28H,12-13,24-26H2,1-2H3. The van der Waals surface area contributed by atoms with E-state index in [1.165, 1.54) is 27.8 Å². The van der Waals surface area contributed by atoms with Crippen molar-refractivity contribution in [2.75, 3.05) is 18.5 Å². The summed E-state index contributed by atoms with van der Waals surface area (Å²) in [5, 5.41) is 1.02. The minimum atomic E-state index is -0.471. The van der Waals surface area contributed by atoms with Crippen molar-refractivity contribution in [3.05, 3.63) is 166 Å². The second-order valence-electron chi connectivity index (χ2n) is 10.4. The number of alkyl halides is 1. The topological polar surface area (TPSA) is 18.5 Å². The maximum absolute atomic E-state index is 6.32. The summed E-state index contributed by atoms with van der Waals surface area (Å²) in [6.07, 6.45) is 2.21. The van der Waals surface area contributed by atoms with Crippen LogP contribution in [0.5, 0.6) is 11.5 Å². The van der Waals surface area contributed by atoms with Gasteiger partial charge in [0.05, 0.1) is 5.41 Å². The number of halogens is 1. The molecule has 0 atom stereocenters. The van der Waals surface area contributed by atoms with Gasteiger partial charge in [-0.2, -0.15) is 0 Å². The summed E-state index contributed by atoms with van der Waals surface area (Å²) in [5.41, 5.74) is 8.01. The predicted molar refractivity (Wildman–Crippen MR) is 174 cm³/mol. The largest absolute Gasteiger partial charge is 0.490 e. The predicted octanol–water partition coefficient (Wildman–Crippen LogP) is 9.47. The Morgan fingerprint density at radius 2 is 1.02 bits per heavy atom. The highest BCUT2D eigenvalue weighted by Crippen LogP contribution is 2.46. The summed E-state index contributed by atoms with van der Waals surface area (Å²) in [6, 6.07) is 45.4. The van der Waals surface area contributed by atoms with Crippen LogP contribution in [0.2, 0.25) is 0 Å². The molecular weight excluding hydrogens is 568 g/mol. The number of benzene rings is 5. The first-order valence-electron chi connectivity index (χ1n) is 14.3. The van der Waals surface area contributed by atoms with Crippen LogP contribution in [-0.2, 0) is 11.8 Å². The first-order valence-corrected chi connectivity index (χ1v) is 15.4. The zero-order valence-corrected chi connectivity index (χ0v) is 25.4. The van der Waals surface area contributed by atoms with Crippen molar-refractivity contribution in [3.8, 4) is 11.5 Å². The summed E-state index contributed by atoms with van der Waals surface area (Å²) in [4.78, 5) is 0. The quantitative estimate of drug-likeness (QED) is 0.0801. The van der Waals surface area contributed by atoms with E-state index in [2.05, 4.69) is 145 Å². The van der Waals surface area contributed by atoms with Crippen LogP contribution < -0.4 is 9.47 Å². The van der Waals surface area contributed by atoms with E-state index in [0.717, 1.165) is 40.8 Å². The summed E-state index contributed by atoms with van der Waals surface area (Å²) < 4.78 is 12.3. The monoisotopic (exact) mass is 604 g/mol. The third-order valence-electron chi connectivity index (χ3n) is 7.63. The Morgan fingerprint density at radius 3 is 1.49 bits per heavy atom.